The summed E-state index contributed by atoms with van der Waals surface area (Å²) in [6.45, 7) is 0.814. The fraction of sp³-hybridized carbons (Fsp3) is 0.435. The van der Waals surface area contributed by atoms with Crippen LogP contribution in [0.4, 0.5) is 10.3 Å². The van der Waals surface area contributed by atoms with E-state index in [9.17, 15) is 29.6 Å². The zero-order valence-corrected chi connectivity index (χ0v) is 19.6. The molecule has 13 nitrogen and oxygen atoms in total. The van der Waals surface area contributed by atoms with E-state index >= 15 is 0 Å². The molecule has 0 saturated carbocycles. The van der Waals surface area contributed by atoms with Crippen LogP contribution >= 0.6 is 0 Å². The number of hydrogen-bond donors (Lipinski definition) is 4. The van der Waals surface area contributed by atoms with E-state index < -0.39 is 48.8 Å². The molecule has 3 aromatic rings. The molecular weight excluding hydrogens is 489 g/mol. The molecule has 2 aromatic heterocycles. The van der Waals surface area contributed by atoms with Crippen molar-refractivity contribution in [2.24, 2.45) is 0 Å². The third kappa shape index (κ3) is 4.96. The van der Waals surface area contributed by atoms with E-state index in [2.05, 4.69) is 20.3 Å². The van der Waals surface area contributed by atoms with Gasteiger partial charge in [0.15, 0.2) is 11.9 Å². The lowest BCUT2D eigenvalue weighted by atomic mass is 9.91. The molecule has 0 bridgehead atoms. The van der Waals surface area contributed by atoms with Crippen LogP contribution in [0.15, 0.2) is 42.9 Å². The first-order valence-electron chi connectivity index (χ1n) is 11.7. The van der Waals surface area contributed by atoms with Gasteiger partial charge in [0.25, 0.3) is 5.91 Å². The van der Waals surface area contributed by atoms with Crippen molar-refractivity contribution in [2.45, 2.75) is 30.5 Å². The van der Waals surface area contributed by atoms with Crippen LogP contribution in [-0.4, -0.2) is 113 Å². The topological polar surface area (TPSA) is 170 Å². The van der Waals surface area contributed by atoms with Crippen molar-refractivity contribution in [1.82, 2.24) is 29.9 Å². The number of ether oxygens (including phenoxy) is 1. The number of hydrogen-bond acceptors (Lipinski definition) is 11. The first kappa shape index (κ1) is 25.0. The Hall–Kier alpha value is -3.72. The van der Waals surface area contributed by atoms with Crippen molar-refractivity contribution in [1.29, 1.82) is 0 Å². The van der Waals surface area contributed by atoms with Crippen molar-refractivity contribution < 1.29 is 34.3 Å². The predicted molar refractivity (Wildman–Crippen MR) is 125 cm³/mol. The molecular formula is C23H26FN7O6. The largest absolute Gasteiger partial charge is 0.505 e. The first-order chi connectivity index (χ1) is 17.9. The van der Waals surface area contributed by atoms with Crippen LogP contribution < -0.4 is 4.90 Å². The Bertz CT molecular complexity index is 1240. The van der Waals surface area contributed by atoms with E-state index in [1.165, 1.54) is 46.4 Å². The molecule has 4 N–H and O–H groups in total. The highest BCUT2D eigenvalue weighted by molar-refractivity contribution is 5.82. The molecule has 4 heterocycles. The normalized spacial score (nSPS) is 26.3. The predicted octanol–water partition coefficient (Wildman–Crippen LogP) is -1.05. The lowest BCUT2D eigenvalue weighted by molar-refractivity contribution is -0.211. The van der Waals surface area contributed by atoms with Crippen molar-refractivity contribution >= 4 is 11.9 Å². The highest BCUT2D eigenvalue weighted by Gasteiger charge is 2.49. The SMILES string of the molecule is O=C([C@@H]1O[C@H](CO)[C@H](O)[C@H](n2cc(-c3cccc(F)c3)nn2)[C@H]1O)N1CCN(c2ncc(O)cn2)CC1. The number of nitrogens with zero attached hydrogens (tertiary/aromatic N) is 7. The van der Waals surface area contributed by atoms with E-state index in [-0.39, 0.29) is 5.75 Å². The molecule has 2 aliphatic heterocycles. The number of aromatic hydroxyl groups is 1. The highest BCUT2D eigenvalue weighted by atomic mass is 19.1. The third-order valence-electron chi connectivity index (χ3n) is 6.57. The van der Waals surface area contributed by atoms with Crippen LogP contribution in [0.3, 0.4) is 0 Å². The maximum absolute atomic E-state index is 13.6. The molecule has 0 radical (unpaired) electrons. The number of piperazine rings is 1. The maximum Gasteiger partial charge on any atom is 0.254 e. The van der Waals surface area contributed by atoms with Gasteiger partial charge >= 0.3 is 0 Å². The number of amides is 1. The molecule has 14 heteroatoms. The Balaban J connectivity index is 1.32. The zero-order chi connectivity index (χ0) is 26.1. The average Bonchev–Trinajstić information content (AvgIpc) is 3.39. The molecule has 2 aliphatic rings. The van der Waals surface area contributed by atoms with Gasteiger partial charge in [0.2, 0.25) is 5.95 Å². The Morgan fingerprint density at radius 1 is 1.11 bits per heavy atom. The van der Waals surface area contributed by atoms with Gasteiger partial charge in [-0.15, -0.1) is 5.10 Å². The van der Waals surface area contributed by atoms with Gasteiger partial charge in [-0.25, -0.2) is 19.0 Å². The molecule has 0 aliphatic carbocycles. The van der Waals surface area contributed by atoms with Gasteiger partial charge in [0.1, 0.15) is 35.9 Å². The van der Waals surface area contributed by atoms with Crippen LogP contribution in [0.5, 0.6) is 5.75 Å². The van der Waals surface area contributed by atoms with E-state index in [1.54, 1.807) is 6.07 Å². The fourth-order valence-electron chi connectivity index (χ4n) is 4.61. The lowest BCUT2D eigenvalue weighted by Gasteiger charge is -2.44. The van der Waals surface area contributed by atoms with Crippen molar-refractivity contribution in [3.63, 3.8) is 0 Å². The van der Waals surface area contributed by atoms with Crippen molar-refractivity contribution in [3.8, 4) is 17.0 Å². The molecule has 0 unspecified atom stereocenters. The molecule has 1 amide bonds. The summed E-state index contributed by atoms with van der Waals surface area (Å²) in [6, 6.07) is 4.57. The number of carbonyl (C=O) groups excluding carboxylic acids is 1. The molecule has 196 valence electrons. The van der Waals surface area contributed by atoms with Gasteiger partial charge in [-0.2, -0.15) is 0 Å². The summed E-state index contributed by atoms with van der Waals surface area (Å²) in [7, 11) is 0. The average molecular weight is 516 g/mol. The van der Waals surface area contributed by atoms with E-state index in [1.807, 2.05) is 4.90 Å². The Morgan fingerprint density at radius 3 is 2.51 bits per heavy atom. The zero-order valence-electron chi connectivity index (χ0n) is 19.6. The Kier molecular flexibility index (Phi) is 6.97. The monoisotopic (exact) mass is 515 g/mol. The van der Waals surface area contributed by atoms with E-state index in [4.69, 9.17) is 4.74 Å². The first-order valence-corrected chi connectivity index (χ1v) is 11.7. The van der Waals surface area contributed by atoms with Gasteiger partial charge in [-0.1, -0.05) is 17.3 Å². The van der Waals surface area contributed by atoms with E-state index in [0.717, 1.165) is 0 Å². The molecule has 1 aromatic carbocycles. The molecule has 2 saturated heterocycles. The van der Waals surface area contributed by atoms with Gasteiger partial charge in [0, 0.05) is 31.7 Å². The summed E-state index contributed by atoms with van der Waals surface area (Å²) in [4.78, 5) is 24.9. The van der Waals surface area contributed by atoms with Crippen LogP contribution in [0.2, 0.25) is 0 Å². The van der Waals surface area contributed by atoms with E-state index in [0.29, 0.717) is 43.4 Å². The second kappa shape index (κ2) is 10.3. The van der Waals surface area contributed by atoms with Crippen LogP contribution in [0, 0.1) is 5.82 Å². The summed E-state index contributed by atoms with van der Waals surface area (Å²) in [5.74, 6) is -0.588. The summed E-state index contributed by atoms with van der Waals surface area (Å²) in [5.41, 5.74) is 0.755. The van der Waals surface area contributed by atoms with Gasteiger partial charge in [0.05, 0.1) is 25.2 Å². The van der Waals surface area contributed by atoms with Gasteiger partial charge in [-0.05, 0) is 12.1 Å². The van der Waals surface area contributed by atoms with Crippen LogP contribution in [0.25, 0.3) is 11.3 Å². The lowest BCUT2D eigenvalue weighted by Crippen LogP contribution is -2.62. The summed E-state index contributed by atoms with van der Waals surface area (Å²) >= 11 is 0. The number of benzene rings is 1. The second-order valence-corrected chi connectivity index (χ2v) is 8.90. The minimum Gasteiger partial charge on any atom is -0.505 e. The number of halogens is 1. The number of aromatic nitrogens is 5. The molecule has 5 rings (SSSR count). The number of carbonyl (C=O) groups is 1. The summed E-state index contributed by atoms with van der Waals surface area (Å²) < 4.78 is 20.5. The van der Waals surface area contributed by atoms with Gasteiger partial charge < -0.3 is 35.0 Å². The Morgan fingerprint density at radius 2 is 1.84 bits per heavy atom. The quantitative estimate of drug-likeness (QED) is 0.327. The third-order valence-corrected chi connectivity index (χ3v) is 6.57. The molecule has 5 atom stereocenters. The van der Waals surface area contributed by atoms with Crippen LogP contribution in [0.1, 0.15) is 6.04 Å². The number of aliphatic hydroxyl groups excluding tert-OH is 3. The van der Waals surface area contributed by atoms with Crippen molar-refractivity contribution in [3.05, 3.63) is 48.7 Å². The number of rotatable bonds is 5. The summed E-state index contributed by atoms with van der Waals surface area (Å²) in [5, 5.41) is 49.1. The summed E-state index contributed by atoms with van der Waals surface area (Å²) in [6.07, 6.45) is -1.42. The minimum absolute atomic E-state index is 0.0494. The second-order valence-electron chi connectivity index (χ2n) is 8.90. The smallest absolute Gasteiger partial charge is 0.254 e. The standard InChI is InChI=1S/C23H26FN7O6/c24-14-3-1-2-13(8-14)16-11-31(28-27-16)18-19(34)17(12-32)37-21(20(18)35)22(36)29-4-6-30(7-5-29)23-25-9-15(33)10-26-23/h1-3,8-11,17-21,32-35H,4-7,12H2/t17-,18+,19+,20-,21-/m1/s1. The van der Waals surface area contributed by atoms with Crippen molar-refractivity contribution in [2.75, 3.05) is 37.7 Å². The molecule has 0 spiro atoms. The maximum atomic E-state index is 13.6. The number of aliphatic hydroxyl groups is 3. The van der Waals surface area contributed by atoms with Gasteiger partial charge in [-0.3, -0.25) is 4.79 Å². The Labute approximate surface area is 210 Å². The molecule has 37 heavy (non-hydrogen) atoms. The highest BCUT2D eigenvalue weighted by Crippen LogP contribution is 2.32. The molecule has 2 fully saturated rings. The van der Waals surface area contributed by atoms with Crippen LogP contribution in [-0.2, 0) is 9.53 Å². The minimum atomic E-state index is -1.51. The fourth-order valence-corrected chi connectivity index (χ4v) is 4.61. The number of anilines is 1.